The summed E-state index contributed by atoms with van der Waals surface area (Å²) in [6, 6.07) is 23.6. The lowest BCUT2D eigenvalue weighted by atomic mass is 9.95. The summed E-state index contributed by atoms with van der Waals surface area (Å²) in [6.45, 7) is 2.00. The molecule has 126 valence electrons. The Morgan fingerprint density at radius 3 is 2.38 bits per heavy atom. The second-order valence-corrected chi connectivity index (χ2v) is 6.59. The first-order chi connectivity index (χ1) is 12.7. The summed E-state index contributed by atoms with van der Waals surface area (Å²) < 4.78 is 11.9. The van der Waals surface area contributed by atoms with Gasteiger partial charge in [0, 0.05) is 16.3 Å². The zero-order valence-corrected chi connectivity index (χ0v) is 14.2. The van der Waals surface area contributed by atoms with E-state index in [1.807, 2.05) is 67.6 Å². The molecule has 4 aromatic rings. The number of esters is 1. The van der Waals surface area contributed by atoms with Crippen LogP contribution < -0.4 is 4.74 Å². The Bertz CT molecular complexity index is 1180. The minimum Gasteiger partial charge on any atom is -0.450 e. The molecule has 5 rings (SSSR count). The maximum absolute atomic E-state index is 12.8. The summed E-state index contributed by atoms with van der Waals surface area (Å²) in [4.78, 5) is 12.8. The maximum Gasteiger partial charge on any atom is 0.342 e. The van der Waals surface area contributed by atoms with Crippen molar-refractivity contribution in [1.82, 2.24) is 0 Å². The lowest BCUT2D eigenvalue weighted by molar-refractivity contribution is -0.0492. The van der Waals surface area contributed by atoms with Gasteiger partial charge in [-0.15, -0.1) is 0 Å². The molecule has 3 heteroatoms. The molecule has 0 spiro atoms. The highest BCUT2D eigenvalue weighted by atomic mass is 16.7. The number of hydrogen-bond acceptors (Lipinski definition) is 3. The van der Waals surface area contributed by atoms with Gasteiger partial charge in [0.05, 0.1) is 5.56 Å². The van der Waals surface area contributed by atoms with Crippen LogP contribution in [0.4, 0.5) is 0 Å². The van der Waals surface area contributed by atoms with Crippen LogP contribution in [0.1, 0.15) is 27.8 Å². The van der Waals surface area contributed by atoms with Crippen LogP contribution in [0.5, 0.6) is 5.75 Å². The summed E-state index contributed by atoms with van der Waals surface area (Å²) in [5, 5.41) is 4.04. The normalized spacial score (nSPS) is 15.9. The number of cyclic esters (lactones) is 1. The van der Waals surface area contributed by atoms with E-state index < -0.39 is 6.29 Å². The molecule has 26 heavy (non-hydrogen) atoms. The Labute approximate surface area is 150 Å². The molecule has 0 radical (unpaired) electrons. The molecule has 1 heterocycles. The van der Waals surface area contributed by atoms with Crippen molar-refractivity contribution < 1.29 is 14.3 Å². The quantitative estimate of drug-likeness (QED) is 0.354. The smallest absolute Gasteiger partial charge is 0.342 e. The van der Waals surface area contributed by atoms with E-state index in [-0.39, 0.29) is 5.97 Å². The third-order valence-electron chi connectivity index (χ3n) is 4.84. The zero-order chi connectivity index (χ0) is 17.7. The van der Waals surface area contributed by atoms with Crippen molar-refractivity contribution in [3.05, 3.63) is 89.5 Å². The van der Waals surface area contributed by atoms with Crippen LogP contribution in [-0.2, 0) is 4.74 Å². The predicted molar refractivity (Wildman–Crippen MR) is 101 cm³/mol. The number of hydrogen-bond donors (Lipinski definition) is 0. The highest BCUT2D eigenvalue weighted by Crippen LogP contribution is 2.39. The predicted octanol–water partition coefficient (Wildman–Crippen LogP) is 5.55. The van der Waals surface area contributed by atoms with Gasteiger partial charge in [-0.1, -0.05) is 54.6 Å². The Morgan fingerprint density at radius 2 is 1.58 bits per heavy atom. The van der Waals surface area contributed by atoms with Crippen molar-refractivity contribution in [1.29, 1.82) is 0 Å². The Balaban J connectivity index is 1.77. The van der Waals surface area contributed by atoms with E-state index >= 15 is 0 Å². The molecular weight excluding hydrogens is 324 g/mol. The van der Waals surface area contributed by atoms with Crippen molar-refractivity contribution >= 4 is 27.5 Å². The number of aryl methyl sites for hydroxylation is 1. The fourth-order valence-corrected chi connectivity index (χ4v) is 3.67. The molecule has 1 unspecified atom stereocenters. The van der Waals surface area contributed by atoms with Gasteiger partial charge in [-0.2, -0.15) is 0 Å². The Kier molecular flexibility index (Phi) is 3.22. The third-order valence-corrected chi connectivity index (χ3v) is 4.84. The molecule has 0 fully saturated rings. The summed E-state index contributed by atoms with van der Waals surface area (Å²) in [6.07, 6.45) is -0.786. The standard InChI is InChI=1S/C23H16O3/c1-14-5-2-8-17(13-14)25-23-19-10-4-7-16-12-11-15-6-3-9-18(22(24)26-23)20(15)21(16)19/h2-13,23H,1H3. The molecule has 0 aliphatic carbocycles. The minimum atomic E-state index is -0.786. The van der Waals surface area contributed by atoms with Gasteiger partial charge < -0.3 is 9.47 Å². The molecule has 3 nitrogen and oxygen atoms in total. The van der Waals surface area contributed by atoms with Crippen LogP contribution in [0.3, 0.4) is 0 Å². The fraction of sp³-hybridized carbons (Fsp3) is 0.0870. The summed E-state index contributed by atoms with van der Waals surface area (Å²) in [5.41, 5.74) is 2.54. The number of carbonyl (C=O) groups is 1. The van der Waals surface area contributed by atoms with Gasteiger partial charge in [-0.05, 0) is 41.5 Å². The molecule has 1 aliphatic heterocycles. The number of carbonyl (C=O) groups excluding carboxylic acids is 1. The van der Waals surface area contributed by atoms with Crippen molar-refractivity contribution in [2.75, 3.05) is 0 Å². The first kappa shape index (κ1) is 15.0. The average molecular weight is 340 g/mol. The highest BCUT2D eigenvalue weighted by Gasteiger charge is 2.28. The minimum absolute atomic E-state index is 0.364. The molecule has 0 amide bonds. The van der Waals surface area contributed by atoms with Gasteiger partial charge >= 0.3 is 5.97 Å². The molecule has 1 aliphatic rings. The Hall–Kier alpha value is -3.33. The second-order valence-electron chi connectivity index (χ2n) is 6.59. The molecule has 4 aromatic carbocycles. The zero-order valence-electron chi connectivity index (χ0n) is 14.2. The van der Waals surface area contributed by atoms with Gasteiger partial charge in [0.25, 0.3) is 6.29 Å². The van der Waals surface area contributed by atoms with Gasteiger partial charge in [0.1, 0.15) is 5.75 Å². The number of rotatable bonds is 2. The molecule has 0 saturated heterocycles. The topological polar surface area (TPSA) is 35.5 Å². The van der Waals surface area contributed by atoms with Crippen LogP contribution in [0.2, 0.25) is 0 Å². The largest absolute Gasteiger partial charge is 0.450 e. The average Bonchev–Trinajstić information content (AvgIpc) is 2.77. The van der Waals surface area contributed by atoms with Gasteiger partial charge in [0.2, 0.25) is 0 Å². The monoisotopic (exact) mass is 340 g/mol. The first-order valence-corrected chi connectivity index (χ1v) is 8.59. The summed E-state index contributed by atoms with van der Waals surface area (Å²) in [7, 11) is 0. The van der Waals surface area contributed by atoms with E-state index in [2.05, 4.69) is 12.1 Å². The van der Waals surface area contributed by atoms with Crippen LogP contribution in [0.15, 0.2) is 72.8 Å². The summed E-state index contributed by atoms with van der Waals surface area (Å²) in [5.74, 6) is 0.315. The van der Waals surface area contributed by atoms with E-state index in [9.17, 15) is 4.79 Å². The van der Waals surface area contributed by atoms with Crippen molar-refractivity contribution in [2.45, 2.75) is 13.2 Å². The van der Waals surface area contributed by atoms with E-state index in [1.165, 1.54) is 0 Å². The van der Waals surface area contributed by atoms with Crippen molar-refractivity contribution in [3.8, 4) is 5.75 Å². The second kappa shape index (κ2) is 5.60. The van der Waals surface area contributed by atoms with E-state index in [1.54, 1.807) is 0 Å². The molecule has 0 aromatic heterocycles. The van der Waals surface area contributed by atoms with Crippen LogP contribution >= 0.6 is 0 Å². The molecule has 0 N–H and O–H groups in total. The van der Waals surface area contributed by atoms with Gasteiger partial charge in [-0.3, -0.25) is 0 Å². The Morgan fingerprint density at radius 1 is 0.846 bits per heavy atom. The van der Waals surface area contributed by atoms with Crippen LogP contribution in [0, 0.1) is 6.92 Å². The molecule has 0 saturated carbocycles. The molecular formula is C23H16O3. The molecule has 0 bridgehead atoms. The van der Waals surface area contributed by atoms with E-state index in [4.69, 9.17) is 9.47 Å². The molecule has 1 atom stereocenters. The SMILES string of the molecule is Cc1cccc(OC2OC(=O)c3cccc4ccc5cccc2c5c34)c1. The van der Waals surface area contributed by atoms with Crippen LogP contribution in [0.25, 0.3) is 21.5 Å². The van der Waals surface area contributed by atoms with Gasteiger partial charge in [-0.25, -0.2) is 4.79 Å². The lowest BCUT2D eigenvalue weighted by Crippen LogP contribution is -2.15. The lowest BCUT2D eigenvalue weighted by Gasteiger charge is -2.19. The van der Waals surface area contributed by atoms with E-state index in [0.29, 0.717) is 11.3 Å². The third kappa shape index (κ3) is 2.25. The van der Waals surface area contributed by atoms with Crippen molar-refractivity contribution in [3.63, 3.8) is 0 Å². The summed E-state index contributed by atoms with van der Waals surface area (Å²) >= 11 is 0. The van der Waals surface area contributed by atoms with Crippen molar-refractivity contribution in [2.24, 2.45) is 0 Å². The number of ether oxygens (including phenoxy) is 2. The highest BCUT2D eigenvalue weighted by molar-refractivity contribution is 6.18. The van der Waals surface area contributed by atoms with E-state index in [0.717, 1.165) is 32.7 Å². The number of benzene rings is 4. The van der Waals surface area contributed by atoms with Crippen LogP contribution in [-0.4, -0.2) is 5.97 Å². The maximum atomic E-state index is 12.8. The first-order valence-electron chi connectivity index (χ1n) is 8.59. The van der Waals surface area contributed by atoms with Gasteiger partial charge in [0.15, 0.2) is 0 Å². The fourth-order valence-electron chi connectivity index (χ4n) is 3.67.